The number of aliphatic hydroxyl groups excluding tert-OH is 1. The molecule has 22 heavy (non-hydrogen) atoms. The average molecular weight is 341 g/mol. The van der Waals surface area contributed by atoms with Crippen LogP contribution < -0.4 is 11.4 Å². The largest absolute Gasteiger partial charge is 0.470 e. The number of aliphatic hydroxyl groups is 2. The fourth-order valence-electron chi connectivity index (χ4n) is 2.03. The van der Waals surface area contributed by atoms with Crippen molar-refractivity contribution in [2.75, 3.05) is 12.3 Å². The van der Waals surface area contributed by atoms with Gasteiger partial charge in [-0.05, 0) is 6.07 Å². The maximum atomic E-state index is 14.5. The normalized spacial score (nSPS) is 32.3. The number of aromatic nitrogens is 2. The third-order valence-electron chi connectivity index (χ3n) is 2.92. The van der Waals surface area contributed by atoms with E-state index in [0.29, 0.717) is 4.57 Å². The molecule has 4 atom stereocenters. The molecule has 6 N–H and O–H groups in total. The summed E-state index contributed by atoms with van der Waals surface area (Å²) in [6, 6.07) is 1.12. The van der Waals surface area contributed by atoms with Gasteiger partial charge in [0.15, 0.2) is 12.3 Å². The minimum absolute atomic E-state index is 0.164. The SMILES string of the molecule is Nc1ccn([C@@H]2O[C@H](CO)[C@@H](OP(=O)(O)O)[C@]2(O)F)c(=O)n1. The summed E-state index contributed by atoms with van der Waals surface area (Å²) in [5.74, 6) is -3.68. The second kappa shape index (κ2) is 5.66. The smallest absolute Gasteiger partial charge is 0.394 e. The zero-order chi connectivity index (χ0) is 16.7. The number of phosphoric ester groups is 1. The van der Waals surface area contributed by atoms with E-state index in [9.17, 15) is 18.9 Å². The molecule has 0 bridgehead atoms. The summed E-state index contributed by atoms with van der Waals surface area (Å²) in [7, 11) is -5.20. The predicted octanol–water partition coefficient (Wildman–Crippen LogP) is -2.15. The van der Waals surface area contributed by atoms with E-state index in [4.69, 9.17) is 25.4 Å². The monoisotopic (exact) mass is 341 g/mol. The van der Waals surface area contributed by atoms with Crippen molar-refractivity contribution in [3.63, 3.8) is 0 Å². The third-order valence-corrected chi connectivity index (χ3v) is 3.42. The number of hydrogen-bond acceptors (Lipinski definition) is 8. The molecule has 1 aromatic heterocycles. The van der Waals surface area contributed by atoms with Crippen LogP contribution in [-0.2, 0) is 13.8 Å². The van der Waals surface area contributed by atoms with Crippen LogP contribution in [0.4, 0.5) is 10.2 Å². The van der Waals surface area contributed by atoms with Gasteiger partial charge in [0.1, 0.15) is 11.9 Å². The average Bonchev–Trinajstić information content (AvgIpc) is 2.60. The van der Waals surface area contributed by atoms with Crippen LogP contribution in [0.5, 0.6) is 0 Å². The van der Waals surface area contributed by atoms with Gasteiger partial charge in [0.05, 0.1) is 6.61 Å². The van der Waals surface area contributed by atoms with Crippen molar-refractivity contribution in [3.8, 4) is 0 Å². The van der Waals surface area contributed by atoms with Crippen LogP contribution in [0.2, 0.25) is 0 Å². The summed E-state index contributed by atoms with van der Waals surface area (Å²) in [6.45, 7) is -0.926. The molecule has 2 rings (SSSR count). The molecule has 0 unspecified atom stereocenters. The lowest BCUT2D eigenvalue weighted by Crippen LogP contribution is -2.46. The Kier molecular flexibility index (Phi) is 4.37. The van der Waals surface area contributed by atoms with Gasteiger partial charge in [-0.25, -0.2) is 13.8 Å². The number of phosphoric acid groups is 1. The summed E-state index contributed by atoms with van der Waals surface area (Å²) in [6.07, 6.45) is -4.93. The minimum Gasteiger partial charge on any atom is -0.394 e. The molecule has 0 aromatic carbocycles. The van der Waals surface area contributed by atoms with Crippen molar-refractivity contribution in [3.05, 3.63) is 22.7 Å². The number of rotatable bonds is 4. The summed E-state index contributed by atoms with van der Waals surface area (Å²) in [5, 5.41) is 18.9. The number of alkyl halides is 1. The van der Waals surface area contributed by atoms with Gasteiger partial charge in [-0.1, -0.05) is 0 Å². The molecule has 124 valence electrons. The zero-order valence-electron chi connectivity index (χ0n) is 10.8. The first-order valence-electron chi connectivity index (χ1n) is 5.82. The Morgan fingerprint density at radius 2 is 2.23 bits per heavy atom. The number of nitrogens with zero attached hydrogens (tertiary/aromatic N) is 2. The Bertz CT molecular complexity index is 661. The number of anilines is 1. The molecule has 0 saturated carbocycles. The van der Waals surface area contributed by atoms with Crippen LogP contribution >= 0.6 is 7.82 Å². The molecule has 1 saturated heterocycles. The maximum Gasteiger partial charge on any atom is 0.470 e. The highest BCUT2D eigenvalue weighted by Gasteiger charge is 2.60. The predicted molar refractivity (Wildman–Crippen MR) is 66.9 cm³/mol. The first-order chi connectivity index (χ1) is 10.1. The van der Waals surface area contributed by atoms with Gasteiger partial charge >= 0.3 is 13.5 Å². The van der Waals surface area contributed by atoms with Gasteiger partial charge in [0.2, 0.25) is 0 Å². The topological polar surface area (TPSA) is 177 Å². The second-order valence-corrected chi connectivity index (χ2v) is 5.69. The van der Waals surface area contributed by atoms with Crippen LogP contribution in [0.15, 0.2) is 17.1 Å². The Balaban J connectivity index is 2.42. The van der Waals surface area contributed by atoms with Crippen LogP contribution in [0.3, 0.4) is 0 Å². The van der Waals surface area contributed by atoms with E-state index in [1.165, 1.54) is 0 Å². The van der Waals surface area contributed by atoms with Crippen LogP contribution in [0, 0.1) is 0 Å². The number of nitrogens with two attached hydrogens (primary N) is 1. The quantitative estimate of drug-likeness (QED) is 0.379. The first kappa shape index (κ1) is 17.0. The second-order valence-electron chi connectivity index (χ2n) is 4.50. The van der Waals surface area contributed by atoms with Gasteiger partial charge in [0.25, 0.3) is 5.85 Å². The van der Waals surface area contributed by atoms with Crippen molar-refractivity contribution in [1.82, 2.24) is 9.55 Å². The van der Waals surface area contributed by atoms with Crippen LogP contribution in [0.25, 0.3) is 0 Å². The molecule has 0 amide bonds. The molecule has 1 aliphatic rings. The molecule has 13 heteroatoms. The molecule has 1 aliphatic heterocycles. The summed E-state index contributed by atoms with van der Waals surface area (Å²) < 4.78 is 34.9. The lowest BCUT2D eigenvalue weighted by Gasteiger charge is -2.26. The number of ether oxygens (including phenoxy) is 1. The highest BCUT2D eigenvalue weighted by Crippen LogP contribution is 2.48. The molecule has 0 aliphatic carbocycles. The number of hydrogen-bond donors (Lipinski definition) is 5. The fourth-order valence-corrected chi connectivity index (χ4v) is 2.61. The van der Waals surface area contributed by atoms with Crippen molar-refractivity contribution in [2.24, 2.45) is 0 Å². The maximum absolute atomic E-state index is 14.5. The Hall–Kier alpha value is -1.40. The first-order valence-corrected chi connectivity index (χ1v) is 7.35. The van der Waals surface area contributed by atoms with Crippen molar-refractivity contribution in [2.45, 2.75) is 24.3 Å². The van der Waals surface area contributed by atoms with E-state index < -0.39 is 44.4 Å². The van der Waals surface area contributed by atoms with E-state index in [1.54, 1.807) is 0 Å². The molecule has 2 heterocycles. The van der Waals surface area contributed by atoms with Gasteiger partial charge in [0, 0.05) is 6.20 Å². The molecular formula is C9H13FN3O8P. The summed E-state index contributed by atoms with van der Waals surface area (Å²) in [4.78, 5) is 32.5. The fraction of sp³-hybridized carbons (Fsp3) is 0.556. The van der Waals surface area contributed by atoms with Crippen molar-refractivity contribution < 1.29 is 38.2 Å². The van der Waals surface area contributed by atoms with Gasteiger partial charge in [-0.3, -0.25) is 9.09 Å². The van der Waals surface area contributed by atoms with E-state index in [1.807, 2.05) is 0 Å². The van der Waals surface area contributed by atoms with E-state index in [0.717, 1.165) is 12.3 Å². The molecular weight excluding hydrogens is 328 g/mol. The lowest BCUT2D eigenvalue weighted by molar-refractivity contribution is -0.194. The van der Waals surface area contributed by atoms with Crippen molar-refractivity contribution >= 4 is 13.6 Å². The third kappa shape index (κ3) is 3.17. The highest BCUT2D eigenvalue weighted by atomic mass is 31.2. The van der Waals surface area contributed by atoms with E-state index >= 15 is 0 Å². The van der Waals surface area contributed by atoms with E-state index in [-0.39, 0.29) is 5.82 Å². The van der Waals surface area contributed by atoms with Gasteiger partial charge in [-0.2, -0.15) is 4.98 Å². The lowest BCUT2D eigenvalue weighted by atomic mass is 10.1. The Morgan fingerprint density at radius 3 is 2.73 bits per heavy atom. The minimum atomic E-state index is -5.20. The Labute approximate surface area is 122 Å². The van der Waals surface area contributed by atoms with E-state index in [2.05, 4.69) is 9.51 Å². The molecule has 0 spiro atoms. The zero-order valence-corrected chi connectivity index (χ0v) is 11.7. The molecule has 0 radical (unpaired) electrons. The molecule has 1 aromatic rings. The standard InChI is InChI=1S/C9H13FN3O8P/c10-9(16)6(21-22(17,18)19)4(3-14)20-7(9)13-2-1-5(11)12-8(13)15/h1-2,4,6-7,14,16H,3H2,(H2,11,12,15)(H2,17,18,19)/t4-,6-,7-,9-/m1/s1. The molecule has 1 fully saturated rings. The number of nitrogen functional groups attached to an aromatic ring is 1. The van der Waals surface area contributed by atoms with Crippen LogP contribution in [-0.4, -0.2) is 54.2 Å². The van der Waals surface area contributed by atoms with Gasteiger partial charge in [-0.15, -0.1) is 0 Å². The van der Waals surface area contributed by atoms with Crippen molar-refractivity contribution in [1.29, 1.82) is 0 Å². The molecule has 11 nitrogen and oxygen atoms in total. The highest BCUT2D eigenvalue weighted by molar-refractivity contribution is 7.46. The Morgan fingerprint density at radius 1 is 1.59 bits per heavy atom. The summed E-state index contributed by atoms with van der Waals surface area (Å²) >= 11 is 0. The van der Waals surface area contributed by atoms with Gasteiger partial charge < -0.3 is 30.5 Å². The summed E-state index contributed by atoms with van der Waals surface area (Å²) in [5.41, 5.74) is 4.19. The number of halogens is 1. The van der Waals surface area contributed by atoms with Crippen LogP contribution in [0.1, 0.15) is 6.23 Å².